The molecule has 1 atom stereocenters. The molecule has 0 radical (unpaired) electrons. The van der Waals surface area contributed by atoms with Crippen LogP contribution >= 0.6 is 0 Å². The number of rotatable bonds is 9. The number of carbonyl (C=O) groups is 1. The van der Waals surface area contributed by atoms with Crippen LogP contribution in [0.4, 0.5) is 11.4 Å². The first-order chi connectivity index (χ1) is 19.0. The molecule has 0 amide bonds. The summed E-state index contributed by atoms with van der Waals surface area (Å²) in [6.07, 6.45) is 4.40. The summed E-state index contributed by atoms with van der Waals surface area (Å²) >= 11 is 0. The number of fused-ring (bicyclic) bond motifs is 4. The van der Waals surface area contributed by atoms with Gasteiger partial charge in [-0.2, -0.15) is 0 Å². The minimum absolute atomic E-state index is 0.201. The SMILES string of the molecule is CCOC(=O)CCCCN1c2cc3c(cc2C(CS(=O)(=O)[O-])CC1(C)C)N=c1cc2c(cc1O3)=[N+](CC)CCC2. The molecule has 0 saturated heterocycles. The van der Waals surface area contributed by atoms with E-state index in [9.17, 15) is 17.8 Å². The largest absolute Gasteiger partial charge is 0.748 e. The van der Waals surface area contributed by atoms with Crippen LogP contribution in [0.15, 0.2) is 29.3 Å². The molecule has 0 aromatic heterocycles. The molecule has 2 aromatic carbocycles. The van der Waals surface area contributed by atoms with E-state index >= 15 is 0 Å². The van der Waals surface area contributed by atoms with Crippen LogP contribution in [0.1, 0.15) is 76.8 Å². The molecule has 216 valence electrons. The Bertz CT molecular complexity index is 1550. The molecule has 0 N–H and O–H groups in total. The van der Waals surface area contributed by atoms with E-state index in [2.05, 4.69) is 42.4 Å². The van der Waals surface area contributed by atoms with Gasteiger partial charge in [-0.15, -0.1) is 0 Å². The molecule has 0 bridgehead atoms. The molecule has 0 saturated carbocycles. The molecule has 1 unspecified atom stereocenters. The van der Waals surface area contributed by atoms with Gasteiger partial charge in [0.1, 0.15) is 24.1 Å². The Morgan fingerprint density at radius 2 is 2.00 bits per heavy atom. The highest BCUT2D eigenvalue weighted by Crippen LogP contribution is 2.49. The zero-order valence-electron chi connectivity index (χ0n) is 23.9. The third-order valence-corrected chi connectivity index (χ3v) is 9.07. The summed E-state index contributed by atoms with van der Waals surface area (Å²) in [5, 5.41) is 1.96. The maximum atomic E-state index is 11.9. The fourth-order valence-electron chi connectivity index (χ4n) is 6.47. The van der Waals surface area contributed by atoms with Gasteiger partial charge in [0.2, 0.25) is 5.36 Å². The Morgan fingerprint density at radius 3 is 2.73 bits per heavy atom. The van der Waals surface area contributed by atoms with Crippen molar-refractivity contribution in [3.63, 3.8) is 0 Å². The quantitative estimate of drug-likeness (QED) is 0.168. The molecular formula is C30H39N3O6S. The molecule has 3 aliphatic heterocycles. The van der Waals surface area contributed by atoms with Crippen molar-refractivity contribution in [2.24, 2.45) is 4.99 Å². The summed E-state index contributed by atoms with van der Waals surface area (Å²) in [4.78, 5) is 19.0. The molecular weight excluding hydrogens is 530 g/mol. The van der Waals surface area contributed by atoms with E-state index in [-0.39, 0.29) is 5.97 Å². The van der Waals surface area contributed by atoms with Crippen molar-refractivity contribution in [1.29, 1.82) is 0 Å². The van der Waals surface area contributed by atoms with Crippen LogP contribution in [-0.4, -0.2) is 56.5 Å². The zero-order valence-corrected chi connectivity index (χ0v) is 24.7. The minimum atomic E-state index is -4.44. The van der Waals surface area contributed by atoms with Crippen molar-refractivity contribution in [1.82, 2.24) is 4.58 Å². The number of unbranched alkanes of at least 4 members (excludes halogenated alkanes) is 1. The van der Waals surface area contributed by atoms with Gasteiger partial charge >= 0.3 is 5.97 Å². The predicted molar refractivity (Wildman–Crippen MR) is 152 cm³/mol. The van der Waals surface area contributed by atoms with Gasteiger partial charge in [-0.25, -0.2) is 18.0 Å². The maximum absolute atomic E-state index is 11.9. The maximum Gasteiger partial charge on any atom is 0.305 e. The van der Waals surface area contributed by atoms with Gasteiger partial charge in [-0.05, 0) is 71.1 Å². The predicted octanol–water partition coefficient (Wildman–Crippen LogP) is 3.55. The molecule has 10 heteroatoms. The Morgan fingerprint density at radius 1 is 1.20 bits per heavy atom. The summed E-state index contributed by atoms with van der Waals surface area (Å²) in [6, 6.07) is 8.05. The highest BCUT2D eigenvalue weighted by atomic mass is 32.2. The van der Waals surface area contributed by atoms with Crippen molar-refractivity contribution >= 4 is 27.5 Å². The lowest BCUT2D eigenvalue weighted by atomic mass is 9.79. The summed E-state index contributed by atoms with van der Waals surface area (Å²) in [5.41, 5.74) is 3.14. The van der Waals surface area contributed by atoms with Gasteiger partial charge in [-0.1, -0.05) is 0 Å². The van der Waals surface area contributed by atoms with Gasteiger partial charge in [0, 0.05) is 53.9 Å². The topological polar surface area (TPSA) is 111 Å². The molecule has 3 heterocycles. The Balaban J connectivity index is 1.54. The van der Waals surface area contributed by atoms with E-state index in [0.717, 1.165) is 49.0 Å². The first-order valence-corrected chi connectivity index (χ1v) is 15.9. The first kappa shape index (κ1) is 28.5. The number of nitrogens with zero attached hydrogens (tertiary/aromatic N) is 3. The van der Waals surface area contributed by atoms with E-state index in [1.165, 1.54) is 10.9 Å². The summed E-state index contributed by atoms with van der Waals surface area (Å²) < 4.78 is 49.6. The lowest BCUT2D eigenvalue weighted by Crippen LogP contribution is -2.50. The lowest BCUT2D eigenvalue weighted by Gasteiger charge is -2.48. The number of anilines is 1. The second-order valence-corrected chi connectivity index (χ2v) is 13.0. The van der Waals surface area contributed by atoms with Crippen LogP contribution in [-0.2, 0) is 26.1 Å². The Hall–Kier alpha value is -2.98. The third-order valence-electron chi connectivity index (χ3n) is 8.26. The zero-order chi connectivity index (χ0) is 28.7. The van der Waals surface area contributed by atoms with Crippen LogP contribution in [0.2, 0.25) is 0 Å². The van der Waals surface area contributed by atoms with Crippen molar-refractivity contribution < 1.29 is 27.2 Å². The molecule has 5 rings (SSSR count). The molecule has 40 heavy (non-hydrogen) atoms. The van der Waals surface area contributed by atoms with Crippen molar-refractivity contribution in [2.75, 3.05) is 36.9 Å². The monoisotopic (exact) mass is 569 g/mol. The molecule has 2 aromatic rings. The smallest absolute Gasteiger partial charge is 0.305 e. The van der Waals surface area contributed by atoms with Crippen molar-refractivity contribution in [2.45, 2.75) is 77.7 Å². The number of aryl methyl sites for hydroxylation is 1. The summed E-state index contributed by atoms with van der Waals surface area (Å²) in [6.45, 7) is 11.1. The summed E-state index contributed by atoms with van der Waals surface area (Å²) in [7, 11) is -4.44. The van der Waals surface area contributed by atoms with Crippen LogP contribution in [0, 0.1) is 0 Å². The van der Waals surface area contributed by atoms with Crippen LogP contribution in [0.5, 0.6) is 11.5 Å². The minimum Gasteiger partial charge on any atom is -0.748 e. The standard InChI is InChI=1S/C30H39N3O6S/c1-5-32-12-9-10-20-14-23-27(16-25(20)32)39-28-17-26-22(15-24(28)31-23)21(19-40(35,36)37)18-30(3,4)33(26)13-8-7-11-29(34)38-6-2/h14-17,21H,5-13,18-19H2,1-4H3. The number of ether oxygens (including phenoxy) is 2. The van der Waals surface area contributed by atoms with E-state index < -0.39 is 27.3 Å². The number of esters is 1. The summed E-state index contributed by atoms with van der Waals surface area (Å²) in [5.74, 6) is 0.209. The second-order valence-electron chi connectivity index (χ2n) is 11.6. The number of benzene rings is 2. The second kappa shape index (κ2) is 11.1. The average Bonchev–Trinajstić information content (AvgIpc) is 2.88. The van der Waals surface area contributed by atoms with Crippen LogP contribution < -0.4 is 24.9 Å². The Labute approximate surface area is 236 Å². The van der Waals surface area contributed by atoms with Gasteiger partial charge < -0.3 is 18.9 Å². The van der Waals surface area contributed by atoms with Crippen molar-refractivity contribution in [3.8, 4) is 11.5 Å². The number of hydrogen-bond donors (Lipinski definition) is 0. The lowest BCUT2D eigenvalue weighted by molar-refractivity contribution is -0.143. The van der Waals surface area contributed by atoms with Crippen LogP contribution in [0.25, 0.3) is 0 Å². The molecule has 0 aliphatic carbocycles. The van der Waals surface area contributed by atoms with Gasteiger partial charge in [0.05, 0.1) is 22.8 Å². The molecule has 0 fully saturated rings. The van der Waals surface area contributed by atoms with E-state index in [1.54, 1.807) is 6.92 Å². The molecule has 0 spiro atoms. The highest BCUT2D eigenvalue weighted by Gasteiger charge is 2.39. The Kier molecular flexibility index (Phi) is 7.94. The molecule has 9 nitrogen and oxygen atoms in total. The van der Waals surface area contributed by atoms with Crippen molar-refractivity contribution in [3.05, 3.63) is 46.1 Å². The average molecular weight is 570 g/mol. The van der Waals surface area contributed by atoms with Gasteiger partial charge in [-0.3, -0.25) is 4.79 Å². The van der Waals surface area contributed by atoms with Crippen LogP contribution in [0.3, 0.4) is 0 Å². The first-order valence-electron chi connectivity index (χ1n) is 14.4. The number of carbonyl (C=O) groups excluding carboxylic acids is 1. The van der Waals surface area contributed by atoms with Gasteiger partial charge in [0.25, 0.3) is 0 Å². The fraction of sp³-hybridized carbons (Fsp3) is 0.567. The van der Waals surface area contributed by atoms with E-state index in [0.29, 0.717) is 49.6 Å². The van der Waals surface area contributed by atoms with E-state index in [1.807, 2.05) is 12.1 Å². The fourth-order valence-corrected chi connectivity index (χ4v) is 7.26. The highest BCUT2D eigenvalue weighted by molar-refractivity contribution is 7.85. The molecule has 3 aliphatic rings. The third kappa shape index (κ3) is 5.88. The van der Waals surface area contributed by atoms with Gasteiger partial charge in [0.15, 0.2) is 11.5 Å². The normalized spacial score (nSPS) is 19.0. The number of hydrogen-bond acceptors (Lipinski definition) is 8. The van der Waals surface area contributed by atoms with E-state index in [4.69, 9.17) is 14.5 Å².